The Kier molecular flexibility index (Phi) is 5.59. The Labute approximate surface area is 109 Å². The number of amides is 3. The van der Waals surface area contributed by atoms with Crippen molar-refractivity contribution in [1.82, 2.24) is 10.2 Å². The molecule has 1 heterocycles. The van der Waals surface area contributed by atoms with Gasteiger partial charge in [-0.25, -0.2) is 4.79 Å². The molecule has 1 saturated heterocycles. The quantitative estimate of drug-likeness (QED) is 0.512. The SMILES string of the molecule is CCCCCCC1(C)NC(=O)N(CCCO)C1=O. The third-order valence-corrected chi connectivity index (χ3v) is 3.42. The Morgan fingerprint density at radius 1 is 1.22 bits per heavy atom. The molecule has 1 aliphatic heterocycles. The smallest absolute Gasteiger partial charge is 0.325 e. The summed E-state index contributed by atoms with van der Waals surface area (Å²) < 4.78 is 0. The van der Waals surface area contributed by atoms with Crippen LogP contribution >= 0.6 is 0 Å². The molecule has 0 bridgehead atoms. The van der Waals surface area contributed by atoms with Crippen molar-refractivity contribution in [3.05, 3.63) is 0 Å². The highest BCUT2D eigenvalue weighted by Gasteiger charge is 2.46. The zero-order valence-corrected chi connectivity index (χ0v) is 11.4. The second kappa shape index (κ2) is 6.73. The van der Waals surface area contributed by atoms with Crippen molar-refractivity contribution < 1.29 is 14.7 Å². The number of nitrogens with zero attached hydrogens (tertiary/aromatic N) is 1. The molecule has 1 aliphatic rings. The lowest BCUT2D eigenvalue weighted by molar-refractivity contribution is -0.131. The van der Waals surface area contributed by atoms with Crippen LogP contribution < -0.4 is 5.32 Å². The molecule has 1 fully saturated rings. The largest absolute Gasteiger partial charge is 0.396 e. The summed E-state index contributed by atoms with van der Waals surface area (Å²) in [6.07, 6.45) is 5.47. The van der Waals surface area contributed by atoms with Crippen molar-refractivity contribution in [2.45, 2.75) is 57.9 Å². The van der Waals surface area contributed by atoms with Crippen LogP contribution in [-0.2, 0) is 4.79 Å². The standard InChI is InChI=1S/C13H24N2O3/c1-3-4-5-6-8-13(2)11(17)15(9-7-10-16)12(18)14-13/h16H,3-10H2,1-2H3,(H,14,18). The van der Waals surface area contributed by atoms with Gasteiger partial charge in [0.15, 0.2) is 0 Å². The number of rotatable bonds is 8. The van der Waals surface area contributed by atoms with E-state index in [1.807, 2.05) is 0 Å². The molecule has 1 rings (SSSR count). The van der Waals surface area contributed by atoms with E-state index < -0.39 is 5.54 Å². The maximum Gasteiger partial charge on any atom is 0.325 e. The second-order valence-corrected chi connectivity index (χ2v) is 5.11. The molecular formula is C13H24N2O3. The lowest BCUT2D eigenvalue weighted by atomic mass is 9.94. The number of carbonyl (C=O) groups excluding carboxylic acids is 2. The summed E-state index contributed by atoms with van der Waals surface area (Å²) in [6, 6.07) is -0.327. The van der Waals surface area contributed by atoms with Gasteiger partial charge in [-0.2, -0.15) is 0 Å². The van der Waals surface area contributed by atoms with Gasteiger partial charge in [-0.05, 0) is 19.8 Å². The Bertz CT molecular complexity index is 307. The Morgan fingerprint density at radius 3 is 2.56 bits per heavy atom. The van der Waals surface area contributed by atoms with E-state index in [1.165, 1.54) is 4.90 Å². The minimum Gasteiger partial charge on any atom is -0.396 e. The molecule has 3 amide bonds. The molecule has 0 aromatic carbocycles. The summed E-state index contributed by atoms with van der Waals surface area (Å²) in [5.74, 6) is -0.155. The van der Waals surface area contributed by atoms with Crippen LogP contribution in [0.2, 0.25) is 0 Å². The van der Waals surface area contributed by atoms with E-state index in [0.29, 0.717) is 19.4 Å². The van der Waals surface area contributed by atoms with Crippen molar-refractivity contribution >= 4 is 11.9 Å². The molecule has 104 valence electrons. The Balaban J connectivity index is 2.51. The van der Waals surface area contributed by atoms with E-state index in [9.17, 15) is 9.59 Å². The van der Waals surface area contributed by atoms with Crippen LogP contribution in [0, 0.1) is 0 Å². The molecule has 0 radical (unpaired) electrons. The van der Waals surface area contributed by atoms with Gasteiger partial charge in [0.25, 0.3) is 5.91 Å². The van der Waals surface area contributed by atoms with E-state index >= 15 is 0 Å². The zero-order valence-electron chi connectivity index (χ0n) is 11.4. The van der Waals surface area contributed by atoms with Crippen LogP contribution in [-0.4, -0.2) is 40.6 Å². The van der Waals surface area contributed by atoms with Gasteiger partial charge in [-0.3, -0.25) is 9.69 Å². The van der Waals surface area contributed by atoms with Crippen LogP contribution in [0.1, 0.15) is 52.4 Å². The van der Waals surface area contributed by atoms with Gasteiger partial charge in [-0.15, -0.1) is 0 Å². The van der Waals surface area contributed by atoms with E-state index in [4.69, 9.17) is 5.11 Å². The number of imide groups is 1. The predicted molar refractivity (Wildman–Crippen MR) is 69.1 cm³/mol. The molecule has 5 heteroatoms. The number of unbranched alkanes of at least 4 members (excludes halogenated alkanes) is 3. The number of hydrogen-bond acceptors (Lipinski definition) is 3. The van der Waals surface area contributed by atoms with Crippen molar-refractivity contribution in [1.29, 1.82) is 0 Å². The maximum atomic E-state index is 12.2. The number of nitrogens with one attached hydrogen (secondary N) is 1. The summed E-state index contributed by atoms with van der Waals surface area (Å²) in [5.41, 5.74) is -0.750. The fourth-order valence-corrected chi connectivity index (χ4v) is 2.25. The van der Waals surface area contributed by atoms with Crippen LogP contribution in [0.15, 0.2) is 0 Å². The van der Waals surface area contributed by atoms with Gasteiger partial charge in [0.1, 0.15) is 5.54 Å². The molecule has 1 atom stereocenters. The Hall–Kier alpha value is -1.10. The first kappa shape index (κ1) is 15.0. The molecule has 0 aromatic rings. The molecule has 5 nitrogen and oxygen atoms in total. The van der Waals surface area contributed by atoms with Gasteiger partial charge in [0.05, 0.1) is 0 Å². The van der Waals surface area contributed by atoms with Gasteiger partial charge in [0.2, 0.25) is 0 Å². The topological polar surface area (TPSA) is 69.6 Å². The maximum absolute atomic E-state index is 12.2. The molecular weight excluding hydrogens is 232 g/mol. The van der Waals surface area contributed by atoms with Crippen LogP contribution in [0.25, 0.3) is 0 Å². The summed E-state index contributed by atoms with van der Waals surface area (Å²) in [4.78, 5) is 25.1. The van der Waals surface area contributed by atoms with Crippen LogP contribution in [0.3, 0.4) is 0 Å². The van der Waals surface area contributed by atoms with Gasteiger partial charge < -0.3 is 10.4 Å². The summed E-state index contributed by atoms with van der Waals surface area (Å²) in [7, 11) is 0. The molecule has 1 unspecified atom stereocenters. The van der Waals surface area contributed by atoms with E-state index in [-0.39, 0.29) is 18.5 Å². The van der Waals surface area contributed by atoms with Gasteiger partial charge in [0, 0.05) is 13.2 Å². The van der Waals surface area contributed by atoms with Crippen molar-refractivity contribution in [2.24, 2.45) is 0 Å². The summed E-state index contributed by atoms with van der Waals surface area (Å²) >= 11 is 0. The molecule has 0 saturated carbocycles. The molecule has 0 aliphatic carbocycles. The first-order valence-electron chi connectivity index (χ1n) is 6.80. The fraction of sp³-hybridized carbons (Fsp3) is 0.846. The van der Waals surface area contributed by atoms with Crippen molar-refractivity contribution in [2.75, 3.05) is 13.2 Å². The second-order valence-electron chi connectivity index (χ2n) is 5.11. The first-order chi connectivity index (χ1) is 8.55. The number of hydrogen-bond donors (Lipinski definition) is 2. The lowest BCUT2D eigenvalue weighted by Gasteiger charge is -2.21. The number of carbonyl (C=O) groups is 2. The molecule has 0 aromatic heterocycles. The highest BCUT2D eigenvalue weighted by Crippen LogP contribution is 2.24. The predicted octanol–water partition coefficient (Wildman–Crippen LogP) is 1.65. The summed E-state index contributed by atoms with van der Waals surface area (Å²) in [6.45, 7) is 4.22. The monoisotopic (exact) mass is 256 g/mol. The highest BCUT2D eigenvalue weighted by molar-refractivity contribution is 6.06. The minimum atomic E-state index is -0.750. The van der Waals surface area contributed by atoms with Gasteiger partial charge >= 0.3 is 6.03 Å². The highest BCUT2D eigenvalue weighted by atomic mass is 16.3. The average molecular weight is 256 g/mol. The molecule has 2 N–H and O–H groups in total. The van der Waals surface area contributed by atoms with E-state index in [0.717, 1.165) is 25.7 Å². The normalized spacial score (nSPS) is 23.6. The number of aliphatic hydroxyl groups is 1. The zero-order chi connectivity index (χ0) is 13.6. The molecule has 0 spiro atoms. The van der Waals surface area contributed by atoms with Gasteiger partial charge in [-0.1, -0.05) is 32.6 Å². The lowest BCUT2D eigenvalue weighted by Crippen LogP contribution is -2.43. The van der Waals surface area contributed by atoms with E-state index in [1.54, 1.807) is 6.92 Å². The van der Waals surface area contributed by atoms with Crippen LogP contribution in [0.5, 0.6) is 0 Å². The minimum absolute atomic E-state index is 0.00965. The van der Waals surface area contributed by atoms with Crippen LogP contribution in [0.4, 0.5) is 4.79 Å². The average Bonchev–Trinajstić information content (AvgIpc) is 2.55. The summed E-state index contributed by atoms with van der Waals surface area (Å²) in [5, 5.41) is 11.5. The van der Waals surface area contributed by atoms with Crippen molar-refractivity contribution in [3.8, 4) is 0 Å². The third-order valence-electron chi connectivity index (χ3n) is 3.42. The number of aliphatic hydroxyl groups excluding tert-OH is 1. The van der Waals surface area contributed by atoms with E-state index in [2.05, 4.69) is 12.2 Å². The number of urea groups is 1. The fourth-order valence-electron chi connectivity index (χ4n) is 2.25. The molecule has 18 heavy (non-hydrogen) atoms. The first-order valence-corrected chi connectivity index (χ1v) is 6.80. The van der Waals surface area contributed by atoms with Crippen molar-refractivity contribution in [3.63, 3.8) is 0 Å². The Morgan fingerprint density at radius 2 is 1.94 bits per heavy atom. The third kappa shape index (κ3) is 3.45.